The first-order valence-corrected chi connectivity index (χ1v) is 5.24. The molecule has 0 fully saturated rings. The standard InChI is InChI=1S/C12H13NO2/c1-9-8-12(15-13-9)6-7-14-11-5-3-2-4-10(11)12/h2-5H,6-8H2,1H3/t12-/m1/s1. The third kappa shape index (κ3) is 1.23. The van der Waals surface area contributed by atoms with E-state index in [4.69, 9.17) is 9.57 Å². The lowest BCUT2D eigenvalue weighted by atomic mass is 9.84. The Hall–Kier alpha value is -1.51. The average Bonchev–Trinajstić information content (AvgIpc) is 2.62. The molecular formula is C12H13NO2. The summed E-state index contributed by atoms with van der Waals surface area (Å²) in [5, 5.41) is 4.07. The molecular weight excluding hydrogens is 190 g/mol. The van der Waals surface area contributed by atoms with Gasteiger partial charge in [0, 0.05) is 18.4 Å². The molecule has 2 aliphatic rings. The van der Waals surface area contributed by atoms with Crippen molar-refractivity contribution in [3.63, 3.8) is 0 Å². The maximum Gasteiger partial charge on any atom is 0.174 e. The van der Waals surface area contributed by atoms with Gasteiger partial charge >= 0.3 is 0 Å². The van der Waals surface area contributed by atoms with E-state index in [1.807, 2.05) is 25.1 Å². The molecule has 0 amide bonds. The van der Waals surface area contributed by atoms with Crippen LogP contribution in [0, 0.1) is 0 Å². The second kappa shape index (κ2) is 2.99. The first-order valence-electron chi connectivity index (χ1n) is 5.24. The Morgan fingerprint density at radius 3 is 3.00 bits per heavy atom. The SMILES string of the molecule is CC1=NO[C@]2(CCOc3ccccc32)C1. The van der Waals surface area contributed by atoms with E-state index in [2.05, 4.69) is 11.2 Å². The highest BCUT2D eigenvalue weighted by atomic mass is 16.7. The zero-order valence-electron chi connectivity index (χ0n) is 8.69. The number of oxime groups is 1. The molecule has 0 N–H and O–H groups in total. The van der Waals surface area contributed by atoms with E-state index in [9.17, 15) is 0 Å². The predicted octanol–water partition coefficient (Wildman–Crippen LogP) is 2.46. The van der Waals surface area contributed by atoms with Crippen LogP contribution in [0.1, 0.15) is 25.3 Å². The van der Waals surface area contributed by atoms with Crippen molar-refractivity contribution in [2.45, 2.75) is 25.4 Å². The molecule has 78 valence electrons. The van der Waals surface area contributed by atoms with Gasteiger partial charge in [0.05, 0.1) is 12.3 Å². The molecule has 0 bridgehead atoms. The van der Waals surface area contributed by atoms with E-state index in [0.717, 1.165) is 29.9 Å². The van der Waals surface area contributed by atoms with Crippen LogP contribution in [-0.2, 0) is 10.4 Å². The normalized spacial score (nSPS) is 27.9. The second-order valence-corrected chi connectivity index (χ2v) is 4.18. The van der Waals surface area contributed by atoms with Crippen LogP contribution in [0.15, 0.2) is 29.4 Å². The van der Waals surface area contributed by atoms with Crippen LogP contribution in [-0.4, -0.2) is 12.3 Å². The third-order valence-corrected chi connectivity index (χ3v) is 3.06. The summed E-state index contributed by atoms with van der Waals surface area (Å²) in [6.45, 7) is 2.71. The minimum Gasteiger partial charge on any atom is -0.493 e. The van der Waals surface area contributed by atoms with Gasteiger partial charge in [0.25, 0.3) is 0 Å². The fourth-order valence-corrected chi connectivity index (χ4v) is 2.35. The van der Waals surface area contributed by atoms with Crippen molar-refractivity contribution in [2.24, 2.45) is 5.16 Å². The highest BCUT2D eigenvalue weighted by molar-refractivity contribution is 5.84. The molecule has 2 aliphatic heterocycles. The van der Waals surface area contributed by atoms with Gasteiger partial charge in [-0.2, -0.15) is 0 Å². The summed E-state index contributed by atoms with van der Waals surface area (Å²) in [6, 6.07) is 8.07. The van der Waals surface area contributed by atoms with E-state index in [1.165, 1.54) is 0 Å². The van der Waals surface area contributed by atoms with Crippen LogP contribution in [0.5, 0.6) is 5.75 Å². The Kier molecular flexibility index (Phi) is 1.75. The topological polar surface area (TPSA) is 30.8 Å². The third-order valence-electron chi connectivity index (χ3n) is 3.06. The summed E-state index contributed by atoms with van der Waals surface area (Å²) in [5.41, 5.74) is 1.95. The maximum atomic E-state index is 5.63. The predicted molar refractivity (Wildman–Crippen MR) is 57.0 cm³/mol. The summed E-state index contributed by atoms with van der Waals surface area (Å²) < 4.78 is 5.61. The second-order valence-electron chi connectivity index (χ2n) is 4.18. The lowest BCUT2D eigenvalue weighted by Crippen LogP contribution is -2.32. The smallest absolute Gasteiger partial charge is 0.174 e. The van der Waals surface area contributed by atoms with Gasteiger partial charge < -0.3 is 9.57 Å². The van der Waals surface area contributed by atoms with Crippen LogP contribution >= 0.6 is 0 Å². The zero-order valence-corrected chi connectivity index (χ0v) is 8.69. The molecule has 0 aliphatic carbocycles. The minimum absolute atomic E-state index is 0.251. The van der Waals surface area contributed by atoms with Gasteiger partial charge in [-0.05, 0) is 13.0 Å². The van der Waals surface area contributed by atoms with Gasteiger partial charge in [-0.15, -0.1) is 0 Å². The van der Waals surface area contributed by atoms with Crippen molar-refractivity contribution in [1.29, 1.82) is 0 Å². The zero-order chi connectivity index (χ0) is 10.3. The lowest BCUT2D eigenvalue weighted by Gasteiger charge is -2.32. The summed E-state index contributed by atoms with van der Waals surface area (Å²) in [5.74, 6) is 0.939. The summed E-state index contributed by atoms with van der Waals surface area (Å²) in [7, 11) is 0. The van der Waals surface area contributed by atoms with Crippen LogP contribution in [0.25, 0.3) is 0 Å². The average molecular weight is 203 g/mol. The molecule has 15 heavy (non-hydrogen) atoms. The van der Waals surface area contributed by atoms with Gasteiger partial charge in [0.15, 0.2) is 5.60 Å². The fraction of sp³-hybridized carbons (Fsp3) is 0.417. The molecule has 0 saturated heterocycles. The Morgan fingerprint density at radius 1 is 1.33 bits per heavy atom. The molecule has 1 aromatic rings. The molecule has 1 spiro atoms. The monoisotopic (exact) mass is 203 g/mol. The van der Waals surface area contributed by atoms with Gasteiger partial charge in [0.2, 0.25) is 0 Å². The van der Waals surface area contributed by atoms with Gasteiger partial charge in [0.1, 0.15) is 5.75 Å². The molecule has 0 unspecified atom stereocenters. The van der Waals surface area contributed by atoms with Crippen molar-refractivity contribution < 1.29 is 9.57 Å². The fourth-order valence-electron chi connectivity index (χ4n) is 2.35. The molecule has 3 nitrogen and oxygen atoms in total. The first-order chi connectivity index (χ1) is 7.30. The van der Waals surface area contributed by atoms with E-state index >= 15 is 0 Å². The molecule has 3 rings (SSSR count). The van der Waals surface area contributed by atoms with Gasteiger partial charge in [-0.25, -0.2) is 0 Å². The molecule has 2 heterocycles. The number of benzene rings is 1. The Balaban J connectivity index is 2.07. The van der Waals surface area contributed by atoms with Crippen molar-refractivity contribution in [2.75, 3.05) is 6.61 Å². The van der Waals surface area contributed by atoms with Gasteiger partial charge in [-0.3, -0.25) is 0 Å². The number of para-hydroxylation sites is 1. The summed E-state index contributed by atoms with van der Waals surface area (Å²) in [4.78, 5) is 5.63. The van der Waals surface area contributed by atoms with Crippen molar-refractivity contribution in [1.82, 2.24) is 0 Å². The van der Waals surface area contributed by atoms with Crippen molar-refractivity contribution >= 4 is 5.71 Å². The first kappa shape index (κ1) is 8.77. The summed E-state index contributed by atoms with van der Waals surface area (Å²) in [6.07, 6.45) is 1.76. The lowest BCUT2D eigenvalue weighted by molar-refractivity contribution is -0.0502. The Bertz CT molecular complexity index is 427. The highest BCUT2D eigenvalue weighted by Crippen LogP contribution is 2.44. The molecule has 0 saturated carbocycles. The van der Waals surface area contributed by atoms with E-state index < -0.39 is 0 Å². The largest absolute Gasteiger partial charge is 0.493 e. The molecule has 3 heteroatoms. The number of fused-ring (bicyclic) bond motifs is 2. The summed E-state index contributed by atoms with van der Waals surface area (Å²) >= 11 is 0. The van der Waals surface area contributed by atoms with Crippen LogP contribution in [0.3, 0.4) is 0 Å². The van der Waals surface area contributed by atoms with Crippen LogP contribution in [0.2, 0.25) is 0 Å². The maximum absolute atomic E-state index is 5.63. The van der Waals surface area contributed by atoms with Crippen LogP contribution in [0.4, 0.5) is 0 Å². The molecule has 0 radical (unpaired) electrons. The minimum atomic E-state index is -0.251. The van der Waals surface area contributed by atoms with E-state index in [-0.39, 0.29) is 5.60 Å². The van der Waals surface area contributed by atoms with Crippen LogP contribution < -0.4 is 4.74 Å². The quantitative estimate of drug-likeness (QED) is 0.648. The van der Waals surface area contributed by atoms with Crippen molar-refractivity contribution in [3.05, 3.63) is 29.8 Å². The molecule has 1 aromatic carbocycles. The number of hydrogen-bond donors (Lipinski definition) is 0. The van der Waals surface area contributed by atoms with Gasteiger partial charge in [-0.1, -0.05) is 23.4 Å². The number of nitrogens with zero attached hydrogens (tertiary/aromatic N) is 1. The van der Waals surface area contributed by atoms with Crippen molar-refractivity contribution in [3.8, 4) is 5.75 Å². The molecule has 0 aromatic heterocycles. The number of rotatable bonds is 0. The van der Waals surface area contributed by atoms with E-state index in [1.54, 1.807) is 0 Å². The molecule has 1 atom stereocenters. The Morgan fingerprint density at radius 2 is 2.20 bits per heavy atom. The Labute approximate surface area is 88.7 Å². The highest BCUT2D eigenvalue weighted by Gasteiger charge is 2.43. The van der Waals surface area contributed by atoms with E-state index in [0.29, 0.717) is 6.61 Å². The number of ether oxygens (including phenoxy) is 1. The number of hydrogen-bond acceptors (Lipinski definition) is 3.